The van der Waals surface area contributed by atoms with Crippen LogP contribution < -0.4 is 10.6 Å². The Hall–Kier alpha value is -2.04. The molecule has 0 aliphatic heterocycles. The molecule has 0 atom stereocenters. The average Bonchev–Trinajstić information content (AvgIpc) is 2.27. The fourth-order valence-corrected chi connectivity index (χ4v) is 1.42. The molecule has 5 heteroatoms. The quantitative estimate of drug-likeness (QED) is 0.865. The molecule has 0 aromatic heterocycles. The first kappa shape index (κ1) is 17.0. The predicted molar refractivity (Wildman–Crippen MR) is 84.4 cm³/mol. The van der Waals surface area contributed by atoms with E-state index in [0.29, 0.717) is 11.4 Å². The minimum atomic E-state index is -0.576. The van der Waals surface area contributed by atoms with Crippen LogP contribution in [0.3, 0.4) is 0 Å². The van der Waals surface area contributed by atoms with Gasteiger partial charge < -0.3 is 10.1 Å². The molecular weight excluding hydrogens is 268 g/mol. The number of hydrogen-bond donors (Lipinski definition) is 2. The first-order valence-electron chi connectivity index (χ1n) is 6.89. The number of para-hydroxylation sites is 2. The van der Waals surface area contributed by atoms with Crippen molar-refractivity contribution in [3.63, 3.8) is 0 Å². The Morgan fingerprint density at radius 2 is 1.38 bits per heavy atom. The summed E-state index contributed by atoms with van der Waals surface area (Å²) in [6.45, 7) is 10.9. The van der Waals surface area contributed by atoms with Crippen LogP contribution in [0.15, 0.2) is 24.3 Å². The van der Waals surface area contributed by atoms with Crippen LogP contribution in [0.25, 0.3) is 0 Å². The molecular formula is C16H24N2O3. The predicted octanol–water partition coefficient (Wildman–Crippen LogP) is 4.02. The Morgan fingerprint density at radius 3 is 1.81 bits per heavy atom. The maximum absolute atomic E-state index is 12.0. The highest BCUT2D eigenvalue weighted by Gasteiger charge is 2.23. The van der Waals surface area contributed by atoms with Gasteiger partial charge in [-0.3, -0.25) is 10.1 Å². The maximum atomic E-state index is 12.0. The van der Waals surface area contributed by atoms with Crippen molar-refractivity contribution >= 4 is 23.4 Å². The summed E-state index contributed by atoms with van der Waals surface area (Å²) in [6, 6.07) is 7.01. The van der Waals surface area contributed by atoms with Crippen LogP contribution in [0.1, 0.15) is 41.5 Å². The third kappa shape index (κ3) is 5.85. The Labute approximate surface area is 126 Å². The van der Waals surface area contributed by atoms with Crippen LogP contribution in [0.2, 0.25) is 0 Å². The molecule has 2 amide bonds. The topological polar surface area (TPSA) is 67.4 Å². The molecule has 0 unspecified atom stereocenters. The number of benzene rings is 1. The molecule has 0 spiro atoms. The standard InChI is InChI=1S/C16H24N2O3/c1-15(2,3)13(19)17-11-9-7-8-10-12(11)18-14(20)21-16(4,5)6/h7-10H,1-6H3,(H,17,19)(H,18,20). The van der Waals surface area contributed by atoms with Gasteiger partial charge in [0.25, 0.3) is 0 Å². The smallest absolute Gasteiger partial charge is 0.412 e. The van der Waals surface area contributed by atoms with E-state index in [1.165, 1.54) is 0 Å². The lowest BCUT2D eigenvalue weighted by atomic mass is 9.95. The molecule has 0 aliphatic rings. The number of anilines is 2. The molecule has 0 saturated carbocycles. The number of amides is 2. The van der Waals surface area contributed by atoms with Crippen molar-refractivity contribution in [2.45, 2.75) is 47.1 Å². The van der Waals surface area contributed by atoms with Crippen molar-refractivity contribution in [3.05, 3.63) is 24.3 Å². The maximum Gasteiger partial charge on any atom is 0.412 e. The Bertz CT molecular complexity index is 525. The Balaban J connectivity index is 2.85. The van der Waals surface area contributed by atoms with Crippen molar-refractivity contribution in [3.8, 4) is 0 Å². The monoisotopic (exact) mass is 292 g/mol. The molecule has 0 radical (unpaired) electrons. The summed E-state index contributed by atoms with van der Waals surface area (Å²) in [6.07, 6.45) is -0.556. The van der Waals surface area contributed by atoms with Crippen LogP contribution in [0.4, 0.5) is 16.2 Å². The molecule has 1 aromatic rings. The summed E-state index contributed by atoms with van der Waals surface area (Å²) in [4.78, 5) is 23.9. The molecule has 21 heavy (non-hydrogen) atoms. The lowest BCUT2D eigenvalue weighted by Gasteiger charge is -2.22. The normalized spacial score (nSPS) is 11.7. The summed E-state index contributed by atoms with van der Waals surface area (Å²) in [7, 11) is 0. The average molecular weight is 292 g/mol. The Kier molecular flexibility index (Phi) is 4.99. The van der Waals surface area contributed by atoms with Crippen LogP contribution in [-0.4, -0.2) is 17.6 Å². The van der Waals surface area contributed by atoms with E-state index in [2.05, 4.69) is 10.6 Å². The van der Waals surface area contributed by atoms with E-state index in [0.717, 1.165) is 0 Å². The summed E-state index contributed by atoms with van der Waals surface area (Å²) >= 11 is 0. The second kappa shape index (κ2) is 6.16. The lowest BCUT2D eigenvalue weighted by Crippen LogP contribution is -2.29. The van der Waals surface area contributed by atoms with Gasteiger partial charge in [0.2, 0.25) is 5.91 Å². The van der Waals surface area contributed by atoms with Crippen molar-refractivity contribution in [2.24, 2.45) is 5.41 Å². The Morgan fingerprint density at radius 1 is 0.905 bits per heavy atom. The first-order chi connectivity index (χ1) is 9.49. The first-order valence-corrected chi connectivity index (χ1v) is 6.89. The minimum Gasteiger partial charge on any atom is -0.444 e. The molecule has 0 heterocycles. The zero-order valence-corrected chi connectivity index (χ0v) is 13.5. The van der Waals surface area contributed by atoms with Crippen LogP contribution in [-0.2, 0) is 9.53 Å². The van der Waals surface area contributed by atoms with Crippen LogP contribution in [0, 0.1) is 5.41 Å². The molecule has 0 fully saturated rings. The van der Waals surface area contributed by atoms with Gasteiger partial charge in [-0.1, -0.05) is 32.9 Å². The van der Waals surface area contributed by atoms with E-state index in [9.17, 15) is 9.59 Å². The van der Waals surface area contributed by atoms with Gasteiger partial charge in [-0.25, -0.2) is 4.79 Å². The highest BCUT2D eigenvalue weighted by molar-refractivity contribution is 5.99. The van der Waals surface area contributed by atoms with Crippen molar-refractivity contribution in [1.82, 2.24) is 0 Å². The summed E-state index contributed by atoms with van der Waals surface area (Å²) in [5.74, 6) is -0.124. The van der Waals surface area contributed by atoms with Gasteiger partial charge in [-0.2, -0.15) is 0 Å². The second-order valence-corrected chi connectivity index (χ2v) is 6.88. The minimum absolute atomic E-state index is 0.124. The van der Waals surface area contributed by atoms with Crippen LogP contribution >= 0.6 is 0 Å². The zero-order chi connectivity index (χ0) is 16.3. The number of ether oxygens (including phenoxy) is 1. The van der Waals surface area contributed by atoms with E-state index in [4.69, 9.17) is 4.74 Å². The molecule has 0 bridgehead atoms. The van der Waals surface area contributed by atoms with E-state index in [1.54, 1.807) is 45.0 Å². The molecule has 1 rings (SSSR count). The van der Waals surface area contributed by atoms with E-state index in [1.807, 2.05) is 20.8 Å². The van der Waals surface area contributed by atoms with E-state index < -0.39 is 17.1 Å². The van der Waals surface area contributed by atoms with Gasteiger partial charge in [-0.05, 0) is 32.9 Å². The molecule has 0 saturated heterocycles. The third-order valence-corrected chi connectivity index (χ3v) is 2.49. The van der Waals surface area contributed by atoms with Crippen LogP contribution in [0.5, 0.6) is 0 Å². The zero-order valence-electron chi connectivity index (χ0n) is 13.5. The fraction of sp³-hybridized carbons (Fsp3) is 0.500. The van der Waals surface area contributed by atoms with Gasteiger partial charge in [-0.15, -0.1) is 0 Å². The summed E-state index contributed by atoms with van der Waals surface area (Å²) < 4.78 is 5.21. The highest BCUT2D eigenvalue weighted by atomic mass is 16.6. The molecule has 116 valence electrons. The number of rotatable bonds is 2. The van der Waals surface area contributed by atoms with E-state index in [-0.39, 0.29) is 5.91 Å². The lowest BCUT2D eigenvalue weighted by molar-refractivity contribution is -0.123. The van der Waals surface area contributed by atoms with Crippen molar-refractivity contribution < 1.29 is 14.3 Å². The van der Waals surface area contributed by atoms with Crippen molar-refractivity contribution in [1.29, 1.82) is 0 Å². The molecule has 2 N–H and O–H groups in total. The number of hydrogen-bond acceptors (Lipinski definition) is 3. The largest absolute Gasteiger partial charge is 0.444 e. The summed E-state index contributed by atoms with van der Waals surface area (Å²) in [5.41, 5.74) is -0.0418. The molecule has 1 aromatic carbocycles. The number of nitrogens with one attached hydrogen (secondary N) is 2. The van der Waals surface area contributed by atoms with Gasteiger partial charge in [0.05, 0.1) is 11.4 Å². The van der Waals surface area contributed by atoms with Crippen molar-refractivity contribution in [2.75, 3.05) is 10.6 Å². The molecule has 0 aliphatic carbocycles. The van der Waals surface area contributed by atoms with Gasteiger partial charge >= 0.3 is 6.09 Å². The number of carbonyl (C=O) groups is 2. The highest BCUT2D eigenvalue weighted by Crippen LogP contribution is 2.24. The van der Waals surface area contributed by atoms with E-state index >= 15 is 0 Å². The third-order valence-electron chi connectivity index (χ3n) is 2.49. The SMILES string of the molecule is CC(C)(C)OC(=O)Nc1ccccc1NC(=O)C(C)(C)C. The fourth-order valence-electron chi connectivity index (χ4n) is 1.42. The van der Waals surface area contributed by atoms with Gasteiger partial charge in [0.15, 0.2) is 0 Å². The van der Waals surface area contributed by atoms with Gasteiger partial charge in [0.1, 0.15) is 5.60 Å². The summed E-state index contributed by atoms with van der Waals surface area (Å²) in [5, 5.41) is 5.46. The second-order valence-electron chi connectivity index (χ2n) is 6.88. The number of carbonyl (C=O) groups excluding carboxylic acids is 2. The molecule has 5 nitrogen and oxygen atoms in total. The van der Waals surface area contributed by atoms with Gasteiger partial charge in [0, 0.05) is 5.41 Å².